The largest absolute Gasteiger partial charge is 0.396 e. The summed E-state index contributed by atoms with van der Waals surface area (Å²) in [6.45, 7) is 8.02. The predicted octanol–water partition coefficient (Wildman–Crippen LogP) is 3.24. The molecule has 0 bridgehead atoms. The van der Waals surface area contributed by atoms with E-state index in [0.29, 0.717) is 17.1 Å². The highest BCUT2D eigenvalue weighted by Crippen LogP contribution is 2.41. The fourth-order valence-corrected chi connectivity index (χ4v) is 3.17. The molecule has 88 valence electrons. The number of thiophene rings is 1. The average molecular weight is 256 g/mol. The lowest BCUT2D eigenvalue weighted by molar-refractivity contribution is 0.102. The molecule has 1 aromatic rings. The first-order valence-corrected chi connectivity index (χ1v) is 6.87. The third kappa shape index (κ3) is 2.80. The molecule has 0 saturated carbocycles. The third-order valence-corrected chi connectivity index (χ3v) is 4.20. The second-order valence-electron chi connectivity index (χ2n) is 3.57. The Morgan fingerprint density at radius 3 is 2.62 bits per heavy atom. The Morgan fingerprint density at radius 1 is 1.56 bits per heavy atom. The number of hydrogen-bond acceptors (Lipinski definition) is 5. The quantitative estimate of drug-likeness (QED) is 0.482. The van der Waals surface area contributed by atoms with E-state index in [-0.39, 0.29) is 5.78 Å². The number of rotatable bonds is 5. The van der Waals surface area contributed by atoms with Crippen molar-refractivity contribution in [3.63, 3.8) is 0 Å². The van der Waals surface area contributed by atoms with E-state index < -0.39 is 0 Å². The average Bonchev–Trinajstić information content (AvgIpc) is 2.51. The molecule has 5 heteroatoms. The lowest BCUT2D eigenvalue weighted by atomic mass is 10.3. The molecule has 0 aliphatic carbocycles. The number of Topliss-reactive ketones (excluding diaryl/α,β-unsaturated/α-hetero) is 1. The van der Waals surface area contributed by atoms with E-state index in [9.17, 15) is 4.79 Å². The molecule has 0 radical (unpaired) electrons. The van der Waals surface area contributed by atoms with E-state index >= 15 is 0 Å². The van der Waals surface area contributed by atoms with Crippen LogP contribution >= 0.6 is 23.1 Å². The van der Waals surface area contributed by atoms with E-state index in [1.807, 2.05) is 13.2 Å². The Labute approximate surface area is 104 Å². The minimum atomic E-state index is 0.0150. The number of thioether (sulfide) groups is 1. The second-order valence-corrected chi connectivity index (χ2v) is 5.41. The molecule has 0 fully saturated rings. The molecule has 0 aliphatic heterocycles. The van der Waals surface area contributed by atoms with Crippen molar-refractivity contribution >= 4 is 39.6 Å². The molecule has 3 N–H and O–H groups in total. The molecule has 16 heavy (non-hydrogen) atoms. The number of anilines is 2. The van der Waals surface area contributed by atoms with Gasteiger partial charge < -0.3 is 11.1 Å². The summed E-state index contributed by atoms with van der Waals surface area (Å²) in [5.41, 5.74) is 7.56. The molecule has 1 rings (SSSR count). The first-order valence-electron chi connectivity index (χ1n) is 4.82. The highest BCUT2D eigenvalue weighted by molar-refractivity contribution is 7.99. The molecule has 0 aliphatic rings. The monoisotopic (exact) mass is 256 g/mol. The standard InChI is InChI=1S/C11H16N2OS2/c1-6(2)5-13-11-10(15-4)8(12)9(16-11)7(3)14/h13H,1,5,12H2,2-4H3. The van der Waals surface area contributed by atoms with Crippen molar-refractivity contribution < 1.29 is 4.79 Å². The topological polar surface area (TPSA) is 55.1 Å². The lowest BCUT2D eigenvalue weighted by Crippen LogP contribution is -2.01. The Morgan fingerprint density at radius 2 is 2.19 bits per heavy atom. The van der Waals surface area contributed by atoms with Crippen LogP contribution in [0.15, 0.2) is 17.0 Å². The van der Waals surface area contributed by atoms with Crippen LogP contribution in [0, 0.1) is 0 Å². The summed E-state index contributed by atoms with van der Waals surface area (Å²) in [7, 11) is 0. The first kappa shape index (κ1) is 13.1. The van der Waals surface area contributed by atoms with Gasteiger partial charge in [-0.25, -0.2) is 0 Å². The van der Waals surface area contributed by atoms with Crippen molar-refractivity contribution in [2.45, 2.75) is 18.7 Å². The molecule has 0 amide bonds. The van der Waals surface area contributed by atoms with Crippen LogP contribution in [0.4, 0.5) is 10.7 Å². The fourth-order valence-electron chi connectivity index (χ4n) is 1.24. The van der Waals surface area contributed by atoms with Gasteiger partial charge in [-0.1, -0.05) is 12.2 Å². The van der Waals surface area contributed by atoms with E-state index in [1.165, 1.54) is 18.3 Å². The van der Waals surface area contributed by atoms with Crippen LogP contribution in [0.3, 0.4) is 0 Å². The SMILES string of the molecule is C=C(C)CNc1sc(C(C)=O)c(N)c1SC. The first-order chi connectivity index (χ1) is 7.47. The smallest absolute Gasteiger partial charge is 0.171 e. The molecule has 1 aromatic heterocycles. The molecule has 0 spiro atoms. The van der Waals surface area contributed by atoms with Gasteiger partial charge in [-0.3, -0.25) is 4.79 Å². The van der Waals surface area contributed by atoms with Crippen molar-refractivity contribution in [1.82, 2.24) is 0 Å². The zero-order valence-electron chi connectivity index (χ0n) is 9.72. The maximum absolute atomic E-state index is 11.4. The van der Waals surface area contributed by atoms with Crippen LogP contribution in [0.25, 0.3) is 0 Å². The van der Waals surface area contributed by atoms with Crippen molar-refractivity contribution in [1.29, 1.82) is 0 Å². The summed E-state index contributed by atoms with van der Waals surface area (Å²) in [5, 5.41) is 4.20. The Balaban J connectivity index is 3.03. The van der Waals surface area contributed by atoms with Crippen molar-refractivity contribution in [2.75, 3.05) is 23.9 Å². The van der Waals surface area contributed by atoms with Gasteiger partial charge in [-0.2, -0.15) is 0 Å². The molecule has 3 nitrogen and oxygen atoms in total. The number of nitrogens with one attached hydrogen (secondary N) is 1. The van der Waals surface area contributed by atoms with Crippen LogP contribution in [0.5, 0.6) is 0 Å². The van der Waals surface area contributed by atoms with Gasteiger partial charge >= 0.3 is 0 Å². The zero-order chi connectivity index (χ0) is 12.3. The van der Waals surface area contributed by atoms with Gasteiger partial charge in [0.05, 0.1) is 15.5 Å². The summed E-state index contributed by atoms with van der Waals surface area (Å²) < 4.78 is 0. The highest BCUT2D eigenvalue weighted by atomic mass is 32.2. The van der Waals surface area contributed by atoms with Crippen molar-refractivity contribution in [3.05, 3.63) is 17.0 Å². The lowest BCUT2D eigenvalue weighted by Gasteiger charge is -2.05. The van der Waals surface area contributed by atoms with Crippen LogP contribution in [0.2, 0.25) is 0 Å². The van der Waals surface area contributed by atoms with E-state index in [2.05, 4.69) is 11.9 Å². The van der Waals surface area contributed by atoms with Gasteiger partial charge in [0.25, 0.3) is 0 Å². The third-order valence-electron chi connectivity index (χ3n) is 1.97. The summed E-state index contributed by atoms with van der Waals surface area (Å²) in [6, 6.07) is 0. The van der Waals surface area contributed by atoms with Gasteiger partial charge in [0.1, 0.15) is 5.00 Å². The molecule has 1 heterocycles. The molecule has 0 aromatic carbocycles. The van der Waals surface area contributed by atoms with Crippen LogP contribution < -0.4 is 11.1 Å². The van der Waals surface area contributed by atoms with Gasteiger partial charge in [0, 0.05) is 13.5 Å². The van der Waals surface area contributed by atoms with Gasteiger partial charge in [-0.05, 0) is 13.2 Å². The number of carbonyl (C=O) groups excluding carboxylic acids is 1. The normalized spacial score (nSPS) is 10.2. The molecular weight excluding hydrogens is 240 g/mol. The Hall–Kier alpha value is -0.940. The van der Waals surface area contributed by atoms with Gasteiger partial charge in [0.15, 0.2) is 5.78 Å². The van der Waals surface area contributed by atoms with Crippen molar-refractivity contribution in [3.8, 4) is 0 Å². The van der Waals surface area contributed by atoms with E-state index in [0.717, 1.165) is 15.5 Å². The number of hydrogen-bond donors (Lipinski definition) is 2. The Bertz CT molecular complexity index is 424. The second kappa shape index (κ2) is 5.41. The summed E-state index contributed by atoms with van der Waals surface area (Å²) in [4.78, 5) is 12.9. The zero-order valence-corrected chi connectivity index (χ0v) is 11.3. The maximum atomic E-state index is 11.4. The summed E-state index contributed by atoms with van der Waals surface area (Å²) in [5.74, 6) is 0.0150. The summed E-state index contributed by atoms with van der Waals surface area (Å²) in [6.07, 6.45) is 1.95. The van der Waals surface area contributed by atoms with E-state index in [4.69, 9.17) is 5.73 Å². The van der Waals surface area contributed by atoms with Crippen molar-refractivity contribution in [2.24, 2.45) is 0 Å². The number of nitrogen functional groups attached to an aromatic ring is 1. The molecule has 0 unspecified atom stereocenters. The number of nitrogens with two attached hydrogens (primary N) is 1. The summed E-state index contributed by atoms with van der Waals surface area (Å²) >= 11 is 2.97. The number of carbonyl (C=O) groups is 1. The molecule has 0 saturated heterocycles. The maximum Gasteiger partial charge on any atom is 0.171 e. The highest BCUT2D eigenvalue weighted by Gasteiger charge is 2.17. The van der Waals surface area contributed by atoms with E-state index in [1.54, 1.807) is 11.8 Å². The minimum Gasteiger partial charge on any atom is -0.396 e. The Kier molecular flexibility index (Phi) is 4.44. The van der Waals surface area contributed by atoms with Crippen LogP contribution in [-0.4, -0.2) is 18.6 Å². The van der Waals surface area contributed by atoms with Crippen LogP contribution in [-0.2, 0) is 0 Å². The fraction of sp³-hybridized carbons (Fsp3) is 0.364. The molecular formula is C11H16N2OS2. The predicted molar refractivity (Wildman–Crippen MR) is 73.8 cm³/mol. The van der Waals surface area contributed by atoms with Crippen LogP contribution in [0.1, 0.15) is 23.5 Å². The molecule has 0 atom stereocenters. The van der Waals surface area contributed by atoms with Gasteiger partial charge in [-0.15, -0.1) is 23.1 Å². The minimum absolute atomic E-state index is 0.0150. The van der Waals surface area contributed by atoms with Gasteiger partial charge in [0.2, 0.25) is 0 Å². The number of ketones is 1.